The standard InChI is InChI=1S/C13H22ClN5/c1-18(2)10-4-3-7-19(8-10)9-12-11(14)5-6-13(16-12)17-15/h5-6,10H,3-4,7-9,15H2,1-2H3,(H,16,17). The second kappa shape index (κ2) is 6.52. The summed E-state index contributed by atoms with van der Waals surface area (Å²) in [4.78, 5) is 9.13. The molecule has 3 N–H and O–H groups in total. The van der Waals surface area contributed by atoms with Gasteiger partial charge in [0.15, 0.2) is 0 Å². The monoisotopic (exact) mass is 283 g/mol. The van der Waals surface area contributed by atoms with Gasteiger partial charge >= 0.3 is 0 Å². The lowest BCUT2D eigenvalue weighted by molar-refractivity contribution is 0.127. The number of likely N-dealkylation sites (tertiary alicyclic amines) is 1. The van der Waals surface area contributed by atoms with E-state index in [4.69, 9.17) is 17.4 Å². The van der Waals surface area contributed by atoms with Crippen LogP contribution in [-0.2, 0) is 6.54 Å². The first-order valence-electron chi connectivity index (χ1n) is 6.61. The highest BCUT2D eigenvalue weighted by Crippen LogP contribution is 2.21. The zero-order chi connectivity index (χ0) is 13.8. The third-order valence-electron chi connectivity index (χ3n) is 3.65. The molecule has 0 saturated carbocycles. The number of likely N-dealkylation sites (N-methyl/N-ethyl adjacent to an activating group) is 1. The molecule has 106 valence electrons. The van der Waals surface area contributed by atoms with Crippen molar-refractivity contribution < 1.29 is 0 Å². The van der Waals surface area contributed by atoms with Crippen molar-refractivity contribution in [1.82, 2.24) is 14.8 Å². The molecule has 19 heavy (non-hydrogen) atoms. The minimum atomic E-state index is 0.614. The molecular formula is C13H22ClN5. The zero-order valence-corrected chi connectivity index (χ0v) is 12.3. The van der Waals surface area contributed by atoms with E-state index in [0.29, 0.717) is 16.9 Å². The molecule has 1 saturated heterocycles. The van der Waals surface area contributed by atoms with E-state index in [1.54, 1.807) is 6.07 Å². The number of hydrogen-bond acceptors (Lipinski definition) is 5. The van der Waals surface area contributed by atoms with Crippen LogP contribution in [0.5, 0.6) is 0 Å². The molecule has 1 aliphatic heterocycles. The van der Waals surface area contributed by atoms with Gasteiger partial charge in [-0.3, -0.25) is 4.90 Å². The van der Waals surface area contributed by atoms with Gasteiger partial charge in [0.05, 0.1) is 10.7 Å². The minimum Gasteiger partial charge on any atom is -0.308 e. The predicted molar refractivity (Wildman–Crippen MR) is 79.0 cm³/mol. The van der Waals surface area contributed by atoms with Crippen LogP contribution in [0.1, 0.15) is 18.5 Å². The first-order valence-corrected chi connectivity index (χ1v) is 6.98. The van der Waals surface area contributed by atoms with Crippen molar-refractivity contribution in [2.24, 2.45) is 5.84 Å². The number of hydrazine groups is 1. The summed E-state index contributed by atoms with van der Waals surface area (Å²) >= 11 is 6.20. The van der Waals surface area contributed by atoms with Crippen molar-refractivity contribution in [1.29, 1.82) is 0 Å². The average Bonchev–Trinajstić information content (AvgIpc) is 2.41. The highest BCUT2D eigenvalue weighted by molar-refractivity contribution is 6.31. The number of halogens is 1. The fraction of sp³-hybridized carbons (Fsp3) is 0.615. The highest BCUT2D eigenvalue weighted by atomic mass is 35.5. The van der Waals surface area contributed by atoms with Crippen molar-refractivity contribution >= 4 is 17.4 Å². The first-order chi connectivity index (χ1) is 9.10. The molecule has 0 aromatic carbocycles. The molecule has 1 atom stereocenters. The number of hydrogen-bond donors (Lipinski definition) is 2. The molecule has 1 aromatic rings. The van der Waals surface area contributed by atoms with Crippen LogP contribution in [0.2, 0.25) is 5.02 Å². The quantitative estimate of drug-likeness (QED) is 0.649. The number of nitrogen functional groups attached to an aromatic ring is 1. The maximum atomic E-state index is 6.20. The van der Waals surface area contributed by atoms with E-state index >= 15 is 0 Å². The van der Waals surface area contributed by atoms with Crippen LogP contribution in [0.4, 0.5) is 5.82 Å². The Hall–Kier alpha value is -0.880. The Morgan fingerprint density at radius 3 is 3.00 bits per heavy atom. The van der Waals surface area contributed by atoms with Crippen molar-refractivity contribution in [3.8, 4) is 0 Å². The second-order valence-corrected chi connectivity index (χ2v) is 5.67. The van der Waals surface area contributed by atoms with Crippen LogP contribution in [0.25, 0.3) is 0 Å². The van der Waals surface area contributed by atoms with Crippen LogP contribution in [0, 0.1) is 0 Å². The fourth-order valence-corrected chi connectivity index (χ4v) is 2.65. The topological polar surface area (TPSA) is 57.4 Å². The van der Waals surface area contributed by atoms with Gasteiger partial charge in [-0.15, -0.1) is 0 Å². The molecule has 0 radical (unpaired) electrons. The van der Waals surface area contributed by atoms with Crippen molar-refractivity contribution in [3.63, 3.8) is 0 Å². The number of pyridine rings is 1. The number of rotatable bonds is 4. The van der Waals surface area contributed by atoms with E-state index in [2.05, 4.69) is 34.3 Å². The van der Waals surface area contributed by atoms with Crippen molar-refractivity contribution in [2.75, 3.05) is 32.6 Å². The molecular weight excluding hydrogens is 262 g/mol. The van der Waals surface area contributed by atoms with Gasteiger partial charge in [0.25, 0.3) is 0 Å². The number of nitrogens with one attached hydrogen (secondary N) is 1. The van der Waals surface area contributed by atoms with E-state index < -0.39 is 0 Å². The van der Waals surface area contributed by atoms with Gasteiger partial charge in [0, 0.05) is 19.1 Å². The summed E-state index contributed by atoms with van der Waals surface area (Å²) in [7, 11) is 4.27. The van der Waals surface area contributed by atoms with E-state index in [1.165, 1.54) is 12.8 Å². The number of aromatic nitrogens is 1. The maximum Gasteiger partial charge on any atom is 0.140 e. The number of piperidine rings is 1. The molecule has 6 heteroatoms. The Bertz CT molecular complexity index is 423. The molecule has 0 aliphatic carbocycles. The third-order valence-corrected chi connectivity index (χ3v) is 3.99. The normalized spacial score (nSPS) is 20.8. The summed E-state index contributed by atoms with van der Waals surface area (Å²) in [5, 5.41) is 0.700. The van der Waals surface area contributed by atoms with Gasteiger partial charge in [-0.1, -0.05) is 11.6 Å². The van der Waals surface area contributed by atoms with Crippen LogP contribution >= 0.6 is 11.6 Å². The van der Waals surface area contributed by atoms with Crippen LogP contribution in [-0.4, -0.2) is 48.0 Å². The Labute approximate surface area is 119 Å². The fourth-order valence-electron chi connectivity index (χ4n) is 2.48. The summed E-state index contributed by atoms with van der Waals surface area (Å²) in [6.07, 6.45) is 2.48. The Morgan fingerprint density at radius 1 is 1.53 bits per heavy atom. The highest BCUT2D eigenvalue weighted by Gasteiger charge is 2.22. The molecule has 1 unspecified atom stereocenters. The van der Waals surface area contributed by atoms with Crippen molar-refractivity contribution in [3.05, 3.63) is 22.8 Å². The van der Waals surface area contributed by atoms with E-state index in [1.807, 2.05) is 6.07 Å². The zero-order valence-electron chi connectivity index (χ0n) is 11.6. The Morgan fingerprint density at radius 2 is 2.32 bits per heavy atom. The van der Waals surface area contributed by atoms with E-state index in [9.17, 15) is 0 Å². The predicted octanol–water partition coefficient (Wildman–Crippen LogP) is 1.55. The maximum absolute atomic E-state index is 6.20. The molecule has 0 bridgehead atoms. The molecule has 0 amide bonds. The SMILES string of the molecule is CN(C)C1CCCN(Cc2nc(NN)ccc2Cl)C1. The molecule has 2 rings (SSSR count). The largest absolute Gasteiger partial charge is 0.308 e. The van der Waals surface area contributed by atoms with Gasteiger partial charge in [0.2, 0.25) is 0 Å². The van der Waals surface area contributed by atoms with Gasteiger partial charge in [-0.2, -0.15) is 0 Å². The third kappa shape index (κ3) is 3.79. The lowest BCUT2D eigenvalue weighted by atomic mass is 10.0. The van der Waals surface area contributed by atoms with Gasteiger partial charge in [0.1, 0.15) is 5.82 Å². The summed E-state index contributed by atoms with van der Waals surface area (Å²) in [6, 6.07) is 4.24. The summed E-state index contributed by atoms with van der Waals surface area (Å²) < 4.78 is 0. The Balaban J connectivity index is 2.04. The van der Waals surface area contributed by atoms with E-state index in [-0.39, 0.29) is 0 Å². The van der Waals surface area contributed by atoms with Crippen LogP contribution < -0.4 is 11.3 Å². The van der Waals surface area contributed by atoms with Gasteiger partial charge in [-0.25, -0.2) is 10.8 Å². The molecule has 2 heterocycles. The molecule has 0 spiro atoms. The molecule has 1 aromatic heterocycles. The summed E-state index contributed by atoms with van der Waals surface area (Å²) in [6.45, 7) is 2.94. The lowest BCUT2D eigenvalue weighted by Gasteiger charge is -2.36. The van der Waals surface area contributed by atoms with Crippen molar-refractivity contribution in [2.45, 2.75) is 25.4 Å². The van der Waals surface area contributed by atoms with Gasteiger partial charge in [-0.05, 0) is 45.6 Å². The average molecular weight is 284 g/mol. The molecule has 1 aliphatic rings. The lowest BCUT2D eigenvalue weighted by Crippen LogP contribution is -2.44. The van der Waals surface area contributed by atoms with E-state index in [0.717, 1.165) is 25.3 Å². The van der Waals surface area contributed by atoms with Crippen LogP contribution in [0.3, 0.4) is 0 Å². The second-order valence-electron chi connectivity index (χ2n) is 5.26. The summed E-state index contributed by atoms with van der Waals surface area (Å²) in [5.41, 5.74) is 3.45. The number of anilines is 1. The molecule has 5 nitrogen and oxygen atoms in total. The molecule has 1 fully saturated rings. The Kier molecular flexibility index (Phi) is 4.99. The smallest absolute Gasteiger partial charge is 0.140 e. The minimum absolute atomic E-state index is 0.614. The van der Waals surface area contributed by atoms with Crippen LogP contribution in [0.15, 0.2) is 12.1 Å². The summed E-state index contributed by atoms with van der Waals surface area (Å²) in [5.74, 6) is 6.04. The number of nitrogens with zero attached hydrogens (tertiary/aromatic N) is 3. The number of nitrogens with two attached hydrogens (primary N) is 1. The first kappa shape index (κ1) is 14.5. The van der Waals surface area contributed by atoms with Gasteiger partial charge < -0.3 is 10.3 Å².